The Morgan fingerprint density at radius 3 is 2.81 bits per heavy atom. The molecule has 0 aliphatic heterocycles. The van der Waals surface area contributed by atoms with E-state index in [0.717, 1.165) is 0 Å². The minimum absolute atomic E-state index is 0.238. The van der Waals surface area contributed by atoms with E-state index in [0.29, 0.717) is 31.1 Å². The Kier molecular flexibility index (Phi) is 3.66. The highest BCUT2D eigenvalue weighted by molar-refractivity contribution is 14.1. The highest BCUT2D eigenvalue weighted by Gasteiger charge is 2.15. The van der Waals surface area contributed by atoms with E-state index in [1.807, 2.05) is 22.6 Å². The van der Waals surface area contributed by atoms with Crippen LogP contribution in [0.2, 0.25) is 5.02 Å². The molecule has 0 saturated carbocycles. The van der Waals surface area contributed by atoms with Gasteiger partial charge in [-0.25, -0.2) is 9.37 Å². The van der Waals surface area contributed by atoms with Crippen LogP contribution in [0.4, 0.5) is 10.3 Å². The van der Waals surface area contributed by atoms with Gasteiger partial charge in [0.25, 0.3) is 0 Å². The van der Waals surface area contributed by atoms with E-state index in [1.165, 1.54) is 6.07 Å². The lowest BCUT2D eigenvalue weighted by molar-refractivity contribution is 0.414. The first-order valence-electron chi connectivity index (χ1n) is 5.98. The predicted molar refractivity (Wildman–Crippen MR) is 89.7 cm³/mol. The number of benzene rings is 2. The van der Waals surface area contributed by atoms with Crippen LogP contribution >= 0.6 is 34.2 Å². The van der Waals surface area contributed by atoms with E-state index in [1.54, 1.807) is 35.9 Å². The molecule has 2 aromatic carbocycles. The molecule has 0 bridgehead atoms. The van der Waals surface area contributed by atoms with Crippen molar-refractivity contribution in [2.75, 3.05) is 12.8 Å². The van der Waals surface area contributed by atoms with Gasteiger partial charge in [-0.3, -0.25) is 4.57 Å². The normalized spacial score (nSPS) is 11.0. The Labute approximate surface area is 138 Å². The number of halogens is 3. The maximum Gasteiger partial charge on any atom is 0.205 e. The van der Waals surface area contributed by atoms with Crippen LogP contribution in [-0.2, 0) is 0 Å². The number of nitrogens with zero attached hydrogens (tertiary/aromatic N) is 2. The molecule has 21 heavy (non-hydrogen) atoms. The highest BCUT2D eigenvalue weighted by Crippen LogP contribution is 2.32. The van der Waals surface area contributed by atoms with Crippen molar-refractivity contribution in [2.24, 2.45) is 0 Å². The summed E-state index contributed by atoms with van der Waals surface area (Å²) >= 11 is 8.15. The van der Waals surface area contributed by atoms with Crippen molar-refractivity contribution >= 4 is 51.2 Å². The zero-order valence-corrected chi connectivity index (χ0v) is 13.8. The molecule has 0 amide bonds. The molecule has 0 radical (unpaired) electrons. The molecule has 0 saturated heterocycles. The van der Waals surface area contributed by atoms with E-state index in [2.05, 4.69) is 4.98 Å². The summed E-state index contributed by atoms with van der Waals surface area (Å²) in [5.74, 6) is 0.534. The van der Waals surface area contributed by atoms with Gasteiger partial charge in [-0.15, -0.1) is 0 Å². The van der Waals surface area contributed by atoms with Gasteiger partial charge in [0.1, 0.15) is 11.6 Å². The van der Waals surface area contributed by atoms with Gasteiger partial charge in [0.15, 0.2) is 0 Å². The molecule has 108 valence electrons. The first kappa shape index (κ1) is 14.4. The Morgan fingerprint density at radius 1 is 1.33 bits per heavy atom. The molecule has 2 N–H and O–H groups in total. The van der Waals surface area contributed by atoms with Gasteiger partial charge in [-0.05, 0) is 40.8 Å². The monoisotopic (exact) mass is 417 g/mol. The summed E-state index contributed by atoms with van der Waals surface area (Å²) < 4.78 is 21.1. The second-order valence-electron chi connectivity index (χ2n) is 4.38. The van der Waals surface area contributed by atoms with Gasteiger partial charge in [0.05, 0.1) is 32.4 Å². The SMILES string of the molecule is COc1ccc(Cl)c(-n2c(N)nc3cc(I)c(F)cc32)c1. The van der Waals surface area contributed by atoms with E-state index < -0.39 is 0 Å². The topological polar surface area (TPSA) is 53.1 Å². The number of rotatable bonds is 2. The van der Waals surface area contributed by atoms with Crippen molar-refractivity contribution in [1.29, 1.82) is 0 Å². The van der Waals surface area contributed by atoms with Crippen molar-refractivity contribution in [1.82, 2.24) is 9.55 Å². The fraction of sp³-hybridized carbons (Fsp3) is 0.0714. The quantitative estimate of drug-likeness (QED) is 0.641. The maximum absolute atomic E-state index is 13.9. The third kappa shape index (κ3) is 2.42. The summed E-state index contributed by atoms with van der Waals surface area (Å²) in [5, 5.41) is 0.473. The predicted octanol–water partition coefficient (Wildman–Crippen LogP) is 4.01. The zero-order chi connectivity index (χ0) is 15.1. The second-order valence-corrected chi connectivity index (χ2v) is 5.95. The molecular weight excluding hydrogens is 408 g/mol. The molecule has 0 aliphatic rings. The number of imidazole rings is 1. The third-order valence-corrected chi connectivity index (χ3v) is 4.26. The smallest absolute Gasteiger partial charge is 0.205 e. The average molecular weight is 418 g/mol. The Morgan fingerprint density at radius 2 is 2.10 bits per heavy atom. The number of anilines is 1. The van der Waals surface area contributed by atoms with Crippen LogP contribution in [0.15, 0.2) is 30.3 Å². The molecule has 0 fully saturated rings. The Balaban J connectivity index is 2.34. The molecule has 3 rings (SSSR count). The van der Waals surface area contributed by atoms with Crippen molar-refractivity contribution in [3.63, 3.8) is 0 Å². The average Bonchev–Trinajstić information content (AvgIpc) is 2.75. The fourth-order valence-corrected chi connectivity index (χ4v) is 2.79. The van der Waals surface area contributed by atoms with Gasteiger partial charge in [-0.1, -0.05) is 11.6 Å². The summed E-state index contributed by atoms with van der Waals surface area (Å²) in [6.45, 7) is 0. The number of nitrogen functional groups attached to an aromatic ring is 1. The summed E-state index contributed by atoms with van der Waals surface area (Å²) in [6.07, 6.45) is 0. The van der Waals surface area contributed by atoms with Crippen LogP contribution in [0.3, 0.4) is 0 Å². The number of ether oxygens (including phenoxy) is 1. The first-order chi connectivity index (χ1) is 10.0. The minimum atomic E-state index is -0.330. The number of fused-ring (bicyclic) bond motifs is 1. The van der Waals surface area contributed by atoms with E-state index in [9.17, 15) is 4.39 Å². The van der Waals surface area contributed by atoms with Gasteiger partial charge in [0.2, 0.25) is 5.95 Å². The lowest BCUT2D eigenvalue weighted by Crippen LogP contribution is -2.02. The van der Waals surface area contributed by atoms with Crippen LogP contribution in [0.5, 0.6) is 5.75 Å². The van der Waals surface area contributed by atoms with Crippen LogP contribution in [0, 0.1) is 9.39 Å². The van der Waals surface area contributed by atoms with Crippen molar-refractivity contribution < 1.29 is 9.13 Å². The molecule has 0 aliphatic carbocycles. The molecular formula is C14H10ClFIN3O. The summed E-state index contributed by atoms with van der Waals surface area (Å²) in [5.41, 5.74) is 7.73. The number of aromatic nitrogens is 2. The first-order valence-corrected chi connectivity index (χ1v) is 7.44. The van der Waals surface area contributed by atoms with Crippen molar-refractivity contribution in [2.45, 2.75) is 0 Å². The van der Waals surface area contributed by atoms with Crippen LogP contribution in [0.25, 0.3) is 16.7 Å². The molecule has 7 heteroatoms. The van der Waals surface area contributed by atoms with E-state index >= 15 is 0 Å². The number of nitrogens with two attached hydrogens (primary N) is 1. The molecule has 0 atom stereocenters. The number of hydrogen-bond donors (Lipinski definition) is 1. The lowest BCUT2D eigenvalue weighted by Gasteiger charge is -2.10. The van der Waals surface area contributed by atoms with Crippen LogP contribution in [0.1, 0.15) is 0 Å². The maximum atomic E-state index is 13.9. The summed E-state index contributed by atoms with van der Waals surface area (Å²) in [4.78, 5) is 4.26. The zero-order valence-electron chi connectivity index (χ0n) is 10.9. The number of methoxy groups -OCH3 is 1. The Bertz CT molecular complexity index is 850. The fourth-order valence-electron chi connectivity index (χ4n) is 2.14. The lowest BCUT2D eigenvalue weighted by atomic mass is 10.2. The molecule has 1 aromatic heterocycles. The molecule has 0 unspecified atom stereocenters. The van der Waals surface area contributed by atoms with Crippen LogP contribution < -0.4 is 10.5 Å². The molecule has 1 heterocycles. The minimum Gasteiger partial charge on any atom is -0.497 e. The van der Waals surface area contributed by atoms with Gasteiger partial charge >= 0.3 is 0 Å². The number of hydrogen-bond acceptors (Lipinski definition) is 3. The highest BCUT2D eigenvalue weighted by atomic mass is 127. The van der Waals surface area contributed by atoms with Gasteiger partial charge < -0.3 is 10.5 Å². The van der Waals surface area contributed by atoms with E-state index in [-0.39, 0.29) is 11.8 Å². The van der Waals surface area contributed by atoms with Crippen LogP contribution in [-0.4, -0.2) is 16.7 Å². The molecule has 0 spiro atoms. The van der Waals surface area contributed by atoms with Crippen molar-refractivity contribution in [3.05, 3.63) is 44.7 Å². The van der Waals surface area contributed by atoms with Crippen molar-refractivity contribution in [3.8, 4) is 11.4 Å². The standard InChI is InChI=1S/C14H10ClFIN3O/c1-21-7-2-3-8(15)12(4-7)20-13-5-9(16)10(17)6-11(13)19-14(20)18/h2-6H,1H3,(H2,18,19). The second kappa shape index (κ2) is 5.34. The largest absolute Gasteiger partial charge is 0.497 e. The Hall–Kier alpha value is -1.54. The molecule has 3 aromatic rings. The van der Waals surface area contributed by atoms with Gasteiger partial charge in [-0.2, -0.15) is 0 Å². The van der Waals surface area contributed by atoms with E-state index in [4.69, 9.17) is 22.1 Å². The summed E-state index contributed by atoms with van der Waals surface area (Å²) in [7, 11) is 1.56. The molecule has 4 nitrogen and oxygen atoms in total. The summed E-state index contributed by atoms with van der Waals surface area (Å²) in [6, 6.07) is 8.22. The third-order valence-electron chi connectivity index (χ3n) is 3.12. The van der Waals surface area contributed by atoms with Gasteiger partial charge in [0, 0.05) is 12.1 Å².